The SMILES string of the molecule is CCOc1cccc(Cn2ncc3c(N4CCN(C(=O)c5ccc(C(C)(C)N)cc5)CC4)ncnc32)c1. The largest absolute Gasteiger partial charge is 0.494 e. The van der Waals surface area contributed by atoms with Crippen LogP contribution in [0, 0.1) is 0 Å². The van der Waals surface area contributed by atoms with E-state index >= 15 is 0 Å². The van der Waals surface area contributed by atoms with Crippen molar-refractivity contribution in [2.45, 2.75) is 32.9 Å². The first-order chi connectivity index (χ1) is 17.8. The number of fused-ring (bicyclic) bond motifs is 1. The van der Waals surface area contributed by atoms with Crippen LogP contribution >= 0.6 is 0 Å². The van der Waals surface area contributed by atoms with E-state index in [0.717, 1.165) is 33.7 Å². The molecule has 0 unspecified atom stereocenters. The Morgan fingerprint density at radius 1 is 1.05 bits per heavy atom. The number of benzene rings is 2. The summed E-state index contributed by atoms with van der Waals surface area (Å²) in [6.07, 6.45) is 3.42. The molecule has 1 aliphatic rings. The van der Waals surface area contributed by atoms with E-state index in [1.807, 2.05) is 79.0 Å². The highest BCUT2D eigenvalue weighted by Gasteiger charge is 2.25. The quantitative estimate of drug-likeness (QED) is 0.416. The van der Waals surface area contributed by atoms with Crippen LogP contribution < -0.4 is 15.4 Å². The Labute approximate surface area is 216 Å². The van der Waals surface area contributed by atoms with E-state index in [1.165, 1.54) is 0 Å². The minimum Gasteiger partial charge on any atom is -0.494 e. The Morgan fingerprint density at radius 3 is 2.51 bits per heavy atom. The number of anilines is 1. The topological polar surface area (TPSA) is 102 Å². The Bertz CT molecular complexity index is 1380. The number of hydrogen-bond acceptors (Lipinski definition) is 7. The summed E-state index contributed by atoms with van der Waals surface area (Å²) in [5.41, 5.74) is 9.30. The Hall–Kier alpha value is -3.98. The summed E-state index contributed by atoms with van der Waals surface area (Å²) in [4.78, 5) is 26.3. The molecule has 0 aliphatic carbocycles. The van der Waals surface area contributed by atoms with Crippen molar-refractivity contribution in [1.29, 1.82) is 0 Å². The van der Waals surface area contributed by atoms with Crippen LogP contribution in [0.3, 0.4) is 0 Å². The zero-order valence-corrected chi connectivity index (χ0v) is 21.6. The van der Waals surface area contributed by atoms with Gasteiger partial charge in [-0.3, -0.25) is 4.79 Å². The van der Waals surface area contributed by atoms with Crippen molar-refractivity contribution >= 4 is 22.8 Å². The third-order valence-electron chi connectivity index (χ3n) is 6.70. The first kappa shape index (κ1) is 24.7. The normalized spacial score (nSPS) is 14.3. The molecular weight excluding hydrogens is 466 g/mol. The fourth-order valence-electron chi connectivity index (χ4n) is 4.67. The summed E-state index contributed by atoms with van der Waals surface area (Å²) in [6, 6.07) is 15.6. The Morgan fingerprint density at radius 2 is 1.81 bits per heavy atom. The van der Waals surface area contributed by atoms with E-state index < -0.39 is 5.54 Å². The molecule has 2 N–H and O–H groups in total. The van der Waals surface area contributed by atoms with Crippen molar-refractivity contribution in [3.05, 3.63) is 77.7 Å². The molecule has 0 saturated carbocycles. The number of nitrogens with two attached hydrogens (primary N) is 1. The van der Waals surface area contributed by atoms with Gasteiger partial charge in [0.05, 0.1) is 24.7 Å². The number of carbonyl (C=O) groups excluding carboxylic acids is 1. The van der Waals surface area contributed by atoms with Crippen molar-refractivity contribution in [3.63, 3.8) is 0 Å². The van der Waals surface area contributed by atoms with Crippen LogP contribution in [-0.4, -0.2) is 63.3 Å². The molecule has 3 heterocycles. The van der Waals surface area contributed by atoms with Crippen LogP contribution in [0.2, 0.25) is 0 Å². The predicted molar refractivity (Wildman–Crippen MR) is 144 cm³/mol. The number of hydrogen-bond donors (Lipinski definition) is 1. The number of ether oxygens (including phenoxy) is 1. The molecule has 5 rings (SSSR count). The number of piperazine rings is 1. The van der Waals surface area contributed by atoms with Crippen LogP contribution in [-0.2, 0) is 12.1 Å². The van der Waals surface area contributed by atoms with Crippen molar-refractivity contribution in [3.8, 4) is 5.75 Å². The van der Waals surface area contributed by atoms with Crippen molar-refractivity contribution in [2.75, 3.05) is 37.7 Å². The summed E-state index contributed by atoms with van der Waals surface area (Å²) in [5.74, 6) is 1.73. The molecule has 192 valence electrons. The van der Waals surface area contributed by atoms with Crippen molar-refractivity contribution < 1.29 is 9.53 Å². The van der Waals surface area contributed by atoms with E-state index in [2.05, 4.69) is 26.0 Å². The lowest BCUT2D eigenvalue weighted by Gasteiger charge is -2.35. The van der Waals surface area contributed by atoms with Crippen molar-refractivity contribution in [1.82, 2.24) is 24.6 Å². The molecule has 2 aromatic heterocycles. The minimum absolute atomic E-state index is 0.0379. The maximum atomic E-state index is 13.1. The van der Waals surface area contributed by atoms with Crippen molar-refractivity contribution in [2.24, 2.45) is 5.73 Å². The monoisotopic (exact) mass is 499 g/mol. The van der Waals surface area contributed by atoms with Gasteiger partial charge in [-0.05, 0) is 56.2 Å². The van der Waals surface area contributed by atoms with Gasteiger partial charge in [-0.15, -0.1) is 0 Å². The third kappa shape index (κ3) is 5.27. The average molecular weight is 500 g/mol. The van der Waals surface area contributed by atoms with E-state index in [-0.39, 0.29) is 5.91 Å². The molecular formula is C28H33N7O2. The lowest BCUT2D eigenvalue weighted by atomic mass is 9.94. The average Bonchev–Trinajstić information content (AvgIpc) is 3.31. The molecule has 1 aliphatic heterocycles. The van der Waals surface area contributed by atoms with Crippen LogP contribution in [0.25, 0.3) is 11.0 Å². The van der Waals surface area contributed by atoms with E-state index in [4.69, 9.17) is 10.5 Å². The van der Waals surface area contributed by atoms with E-state index in [9.17, 15) is 4.79 Å². The highest BCUT2D eigenvalue weighted by molar-refractivity contribution is 5.94. The standard InChI is InChI=1S/C28H33N7O2/c1-4-37-23-7-5-6-20(16-23)18-35-26-24(17-32-35)25(30-19-31-26)33-12-14-34(15-13-33)27(36)21-8-10-22(11-9-21)28(2,3)29/h5-11,16-17,19H,4,12-15,18,29H2,1-3H3. The molecule has 37 heavy (non-hydrogen) atoms. The fraction of sp³-hybridized carbons (Fsp3) is 0.357. The van der Waals surface area contributed by atoms with Crippen LogP contribution in [0.5, 0.6) is 5.75 Å². The lowest BCUT2D eigenvalue weighted by Crippen LogP contribution is -2.49. The number of carbonyl (C=O) groups is 1. The predicted octanol–water partition coefficient (Wildman–Crippen LogP) is 3.43. The highest BCUT2D eigenvalue weighted by atomic mass is 16.5. The molecule has 0 bridgehead atoms. The second kappa shape index (κ2) is 10.2. The maximum Gasteiger partial charge on any atom is 0.253 e. The van der Waals surface area contributed by atoms with Gasteiger partial charge in [-0.25, -0.2) is 14.6 Å². The van der Waals surface area contributed by atoms with Crippen LogP contribution in [0.15, 0.2) is 61.1 Å². The molecule has 1 saturated heterocycles. The summed E-state index contributed by atoms with van der Waals surface area (Å²) in [7, 11) is 0. The van der Waals surface area contributed by atoms with E-state index in [1.54, 1.807) is 6.33 Å². The van der Waals surface area contributed by atoms with Gasteiger partial charge in [0, 0.05) is 37.3 Å². The summed E-state index contributed by atoms with van der Waals surface area (Å²) >= 11 is 0. The van der Waals surface area contributed by atoms with Gasteiger partial charge >= 0.3 is 0 Å². The summed E-state index contributed by atoms with van der Waals surface area (Å²) in [5, 5.41) is 5.51. The number of amides is 1. The molecule has 1 fully saturated rings. The second-order valence-corrected chi connectivity index (χ2v) is 9.90. The van der Waals surface area contributed by atoms with Gasteiger partial charge in [0.1, 0.15) is 17.9 Å². The number of nitrogens with zero attached hydrogens (tertiary/aromatic N) is 6. The zero-order chi connectivity index (χ0) is 26.0. The highest BCUT2D eigenvalue weighted by Crippen LogP contribution is 2.25. The minimum atomic E-state index is -0.433. The fourth-order valence-corrected chi connectivity index (χ4v) is 4.67. The smallest absolute Gasteiger partial charge is 0.253 e. The van der Waals surface area contributed by atoms with Crippen LogP contribution in [0.4, 0.5) is 5.82 Å². The van der Waals surface area contributed by atoms with Gasteiger partial charge in [0.2, 0.25) is 0 Å². The maximum absolute atomic E-state index is 13.1. The summed E-state index contributed by atoms with van der Waals surface area (Å²) in [6.45, 7) is 9.71. The van der Waals surface area contributed by atoms with Gasteiger partial charge in [-0.1, -0.05) is 24.3 Å². The third-order valence-corrected chi connectivity index (χ3v) is 6.70. The Kier molecular flexibility index (Phi) is 6.80. The van der Waals surface area contributed by atoms with E-state index in [0.29, 0.717) is 44.9 Å². The molecule has 0 atom stereocenters. The number of aromatic nitrogens is 4. The molecule has 4 aromatic rings. The molecule has 2 aromatic carbocycles. The molecule has 0 radical (unpaired) electrons. The molecule has 0 spiro atoms. The van der Waals surface area contributed by atoms with Gasteiger partial charge in [-0.2, -0.15) is 5.10 Å². The second-order valence-electron chi connectivity index (χ2n) is 9.90. The van der Waals surface area contributed by atoms with Gasteiger partial charge in [0.15, 0.2) is 5.65 Å². The lowest BCUT2D eigenvalue weighted by molar-refractivity contribution is 0.0746. The molecule has 1 amide bonds. The first-order valence-electron chi connectivity index (χ1n) is 12.7. The van der Waals surface area contributed by atoms with Crippen LogP contribution in [0.1, 0.15) is 42.3 Å². The first-order valence-corrected chi connectivity index (χ1v) is 12.7. The molecule has 9 nitrogen and oxygen atoms in total. The van der Waals surface area contributed by atoms with Gasteiger partial charge in [0.25, 0.3) is 5.91 Å². The summed E-state index contributed by atoms with van der Waals surface area (Å²) < 4.78 is 7.52. The number of rotatable bonds is 7. The van der Waals surface area contributed by atoms with Gasteiger partial charge < -0.3 is 20.3 Å². The zero-order valence-electron chi connectivity index (χ0n) is 21.6. The Balaban J connectivity index is 1.27. The molecule has 9 heteroatoms.